The number of hydrogen-bond acceptors (Lipinski definition) is 8. The second-order valence-electron chi connectivity index (χ2n) is 6.61. The molecule has 3 aromatic heterocycles. The van der Waals surface area contributed by atoms with Crippen molar-refractivity contribution in [2.75, 3.05) is 31.7 Å². The normalized spacial score (nSPS) is 10.9. The monoisotopic (exact) mass is 433 g/mol. The van der Waals surface area contributed by atoms with Crippen LogP contribution in [0.3, 0.4) is 0 Å². The van der Waals surface area contributed by atoms with Gasteiger partial charge in [0, 0.05) is 25.9 Å². The van der Waals surface area contributed by atoms with E-state index in [-0.39, 0.29) is 5.02 Å². The van der Waals surface area contributed by atoms with E-state index in [2.05, 4.69) is 20.3 Å². The van der Waals surface area contributed by atoms with Crippen molar-refractivity contribution in [3.8, 4) is 17.0 Å². The maximum absolute atomic E-state index is 11.8. The van der Waals surface area contributed by atoms with E-state index in [0.29, 0.717) is 43.6 Å². The SMILES string of the molecule is CCCN(CCOc1cc(-c2c(COC)noc2C)ccn1)c1cn[nH]c(=O)c1Cl. The van der Waals surface area contributed by atoms with Gasteiger partial charge in [0.25, 0.3) is 5.56 Å². The van der Waals surface area contributed by atoms with Gasteiger partial charge in [-0.2, -0.15) is 5.10 Å². The lowest BCUT2D eigenvalue weighted by molar-refractivity contribution is 0.177. The summed E-state index contributed by atoms with van der Waals surface area (Å²) >= 11 is 6.15. The Balaban J connectivity index is 1.72. The fourth-order valence-electron chi connectivity index (χ4n) is 3.14. The number of anilines is 1. The molecule has 0 aromatic carbocycles. The van der Waals surface area contributed by atoms with Crippen molar-refractivity contribution < 1.29 is 14.0 Å². The molecule has 0 bridgehead atoms. The summed E-state index contributed by atoms with van der Waals surface area (Å²) in [6.07, 6.45) is 4.10. The second kappa shape index (κ2) is 10.2. The van der Waals surface area contributed by atoms with Crippen LogP contribution in [0.5, 0.6) is 5.88 Å². The molecule has 9 nitrogen and oxygen atoms in total. The third kappa shape index (κ3) is 4.98. The molecule has 0 spiro atoms. The molecule has 0 radical (unpaired) electrons. The molecule has 3 heterocycles. The van der Waals surface area contributed by atoms with Gasteiger partial charge >= 0.3 is 0 Å². The van der Waals surface area contributed by atoms with Gasteiger partial charge in [-0.25, -0.2) is 10.1 Å². The number of aromatic nitrogens is 4. The summed E-state index contributed by atoms with van der Waals surface area (Å²) in [7, 11) is 1.61. The van der Waals surface area contributed by atoms with Crippen molar-refractivity contribution >= 4 is 17.3 Å². The van der Waals surface area contributed by atoms with Crippen LogP contribution in [0.2, 0.25) is 5.02 Å². The van der Waals surface area contributed by atoms with Crippen LogP contribution in [0.15, 0.2) is 33.8 Å². The highest BCUT2D eigenvalue weighted by molar-refractivity contribution is 6.32. The van der Waals surface area contributed by atoms with Gasteiger partial charge in [-0.05, 0) is 25.0 Å². The molecule has 30 heavy (non-hydrogen) atoms. The Morgan fingerprint density at radius 1 is 1.33 bits per heavy atom. The molecule has 0 atom stereocenters. The number of aromatic amines is 1. The topological polar surface area (TPSA) is 106 Å². The van der Waals surface area contributed by atoms with Gasteiger partial charge < -0.3 is 18.9 Å². The average Bonchev–Trinajstić information content (AvgIpc) is 3.10. The average molecular weight is 434 g/mol. The standard InChI is InChI=1S/C20H24ClN5O4/c1-4-7-26(16-11-23-24-20(27)19(16)21)8-9-29-17-10-14(5-6-22-17)18-13(2)30-25-15(18)12-28-3/h5-6,10-11H,4,7-9,12H2,1-3H3,(H,24,27). The maximum atomic E-state index is 11.8. The Kier molecular flexibility index (Phi) is 7.42. The number of rotatable bonds is 10. The lowest BCUT2D eigenvalue weighted by Crippen LogP contribution is -2.31. The van der Waals surface area contributed by atoms with Gasteiger partial charge in [-0.1, -0.05) is 23.7 Å². The van der Waals surface area contributed by atoms with Crippen LogP contribution in [0.1, 0.15) is 24.8 Å². The van der Waals surface area contributed by atoms with Gasteiger partial charge in [0.05, 0.1) is 30.6 Å². The van der Waals surface area contributed by atoms with Crippen molar-refractivity contribution in [2.45, 2.75) is 26.9 Å². The van der Waals surface area contributed by atoms with Crippen LogP contribution in [0.25, 0.3) is 11.1 Å². The Labute approximate surface area is 179 Å². The fourth-order valence-corrected chi connectivity index (χ4v) is 3.36. The minimum atomic E-state index is -0.415. The molecule has 0 saturated carbocycles. The molecule has 0 saturated heterocycles. The number of hydrogen-bond donors (Lipinski definition) is 1. The first kappa shape index (κ1) is 21.8. The Bertz CT molecular complexity index is 1040. The van der Waals surface area contributed by atoms with Crippen LogP contribution >= 0.6 is 11.6 Å². The second-order valence-corrected chi connectivity index (χ2v) is 6.99. The third-order valence-corrected chi connectivity index (χ3v) is 4.83. The van der Waals surface area contributed by atoms with Crippen LogP contribution < -0.4 is 15.2 Å². The highest BCUT2D eigenvalue weighted by Crippen LogP contribution is 2.29. The van der Waals surface area contributed by atoms with E-state index in [0.717, 1.165) is 23.2 Å². The lowest BCUT2D eigenvalue weighted by atomic mass is 10.1. The molecule has 1 N–H and O–H groups in total. The van der Waals surface area contributed by atoms with Crippen molar-refractivity contribution in [3.63, 3.8) is 0 Å². The summed E-state index contributed by atoms with van der Waals surface area (Å²) in [5.41, 5.74) is 2.65. The van der Waals surface area contributed by atoms with Crippen LogP contribution in [-0.4, -0.2) is 47.1 Å². The predicted molar refractivity (Wildman–Crippen MR) is 113 cm³/mol. The van der Waals surface area contributed by atoms with Gasteiger partial charge in [-0.3, -0.25) is 4.79 Å². The van der Waals surface area contributed by atoms with Crippen LogP contribution in [0.4, 0.5) is 5.69 Å². The summed E-state index contributed by atoms with van der Waals surface area (Å²) in [4.78, 5) is 18.0. The number of methoxy groups -OCH3 is 1. The number of nitrogens with zero attached hydrogens (tertiary/aromatic N) is 4. The number of aryl methyl sites for hydroxylation is 1. The molecular weight excluding hydrogens is 410 g/mol. The van der Waals surface area contributed by atoms with Crippen LogP contribution in [0, 0.1) is 6.92 Å². The van der Waals surface area contributed by atoms with Gasteiger partial charge in [0.1, 0.15) is 23.1 Å². The zero-order valence-electron chi connectivity index (χ0n) is 17.1. The Morgan fingerprint density at radius 3 is 2.93 bits per heavy atom. The highest BCUT2D eigenvalue weighted by Gasteiger charge is 2.16. The quantitative estimate of drug-likeness (QED) is 0.519. The van der Waals surface area contributed by atoms with E-state index >= 15 is 0 Å². The summed E-state index contributed by atoms with van der Waals surface area (Å²) < 4.78 is 16.4. The summed E-state index contributed by atoms with van der Waals surface area (Å²) in [6.45, 7) is 5.83. The lowest BCUT2D eigenvalue weighted by Gasteiger charge is -2.24. The first-order valence-electron chi connectivity index (χ1n) is 9.56. The maximum Gasteiger partial charge on any atom is 0.285 e. The summed E-state index contributed by atoms with van der Waals surface area (Å²) in [6, 6.07) is 3.71. The van der Waals surface area contributed by atoms with Crippen molar-refractivity contribution in [3.05, 3.63) is 51.4 Å². The third-order valence-electron chi connectivity index (χ3n) is 4.46. The minimum absolute atomic E-state index is 0.118. The predicted octanol–water partition coefficient (Wildman–Crippen LogP) is 3.22. The van der Waals surface area contributed by atoms with E-state index in [4.69, 9.17) is 25.6 Å². The van der Waals surface area contributed by atoms with E-state index in [9.17, 15) is 4.79 Å². The molecule has 0 aliphatic carbocycles. The molecule has 0 fully saturated rings. The molecule has 3 rings (SSSR count). The summed E-state index contributed by atoms with van der Waals surface area (Å²) in [5, 5.41) is 10.3. The zero-order valence-corrected chi connectivity index (χ0v) is 17.9. The first-order chi connectivity index (χ1) is 14.5. The Hall–Kier alpha value is -2.91. The molecule has 0 amide bonds. The van der Waals surface area contributed by atoms with Crippen molar-refractivity contribution in [1.82, 2.24) is 20.3 Å². The highest BCUT2D eigenvalue weighted by atomic mass is 35.5. The minimum Gasteiger partial charge on any atom is -0.476 e. The Morgan fingerprint density at radius 2 is 2.17 bits per heavy atom. The van der Waals surface area contributed by atoms with Crippen molar-refractivity contribution in [1.29, 1.82) is 0 Å². The number of halogens is 1. The number of pyridine rings is 1. The van der Waals surface area contributed by atoms with E-state index in [1.807, 2.05) is 30.9 Å². The molecule has 160 valence electrons. The molecule has 10 heteroatoms. The smallest absolute Gasteiger partial charge is 0.285 e. The van der Waals surface area contributed by atoms with Gasteiger partial charge in [-0.15, -0.1) is 0 Å². The largest absolute Gasteiger partial charge is 0.476 e. The molecule has 0 aliphatic heterocycles. The van der Waals surface area contributed by atoms with Crippen molar-refractivity contribution in [2.24, 2.45) is 0 Å². The van der Waals surface area contributed by atoms with Gasteiger partial charge in [0.2, 0.25) is 5.88 Å². The number of nitrogens with one attached hydrogen (secondary N) is 1. The van der Waals surface area contributed by atoms with E-state index in [1.54, 1.807) is 19.5 Å². The molecular formula is C20H24ClN5O4. The van der Waals surface area contributed by atoms with Crippen LogP contribution in [-0.2, 0) is 11.3 Å². The molecule has 0 unspecified atom stereocenters. The summed E-state index contributed by atoms with van der Waals surface area (Å²) in [5.74, 6) is 1.17. The van der Waals surface area contributed by atoms with E-state index in [1.165, 1.54) is 0 Å². The van der Waals surface area contributed by atoms with Gasteiger partial charge in [0.15, 0.2) is 0 Å². The first-order valence-corrected chi connectivity index (χ1v) is 9.94. The number of H-pyrrole nitrogens is 1. The fraction of sp³-hybridized carbons (Fsp3) is 0.400. The zero-order chi connectivity index (χ0) is 21.5. The van der Waals surface area contributed by atoms with E-state index < -0.39 is 5.56 Å². The molecule has 0 aliphatic rings. The molecule has 3 aromatic rings. The number of ether oxygens (including phenoxy) is 2.